The molecule has 16 heavy (non-hydrogen) atoms. The van der Waals surface area contributed by atoms with E-state index < -0.39 is 0 Å². The summed E-state index contributed by atoms with van der Waals surface area (Å²) in [7, 11) is 0. The molecule has 0 saturated heterocycles. The molecule has 0 aliphatic carbocycles. The van der Waals surface area contributed by atoms with Crippen molar-refractivity contribution in [1.82, 2.24) is 0 Å². The highest BCUT2D eigenvalue weighted by atomic mass is 79.9. The van der Waals surface area contributed by atoms with Gasteiger partial charge in [-0.15, -0.1) is 4.52 Å². The first-order valence-electron chi connectivity index (χ1n) is 4.70. The minimum Gasteiger partial charge on any atom is -0.197 e. The molecule has 0 aromatic heterocycles. The Morgan fingerprint density at radius 2 is 1.69 bits per heavy atom. The van der Waals surface area contributed by atoms with Gasteiger partial charge in [0.1, 0.15) is 0 Å². The summed E-state index contributed by atoms with van der Waals surface area (Å²) < 4.78 is 4.43. The van der Waals surface area contributed by atoms with Crippen molar-refractivity contribution in [3.8, 4) is 11.1 Å². The predicted molar refractivity (Wildman–Crippen MR) is 70.6 cm³/mol. The zero-order valence-corrected chi connectivity index (χ0v) is 10.8. The molecule has 0 saturated carbocycles. The third-order valence-corrected chi connectivity index (χ3v) is 3.36. The monoisotopic (exact) mass is 292 g/mol. The van der Waals surface area contributed by atoms with E-state index in [1.165, 1.54) is 11.9 Å². The number of nitrogens with zero attached hydrogens (tertiary/aromatic N) is 1. The molecule has 1 N–H and O–H groups in total. The molecule has 0 spiro atoms. The van der Waals surface area contributed by atoms with Crippen LogP contribution < -0.4 is 0 Å². The lowest BCUT2D eigenvalue weighted by Crippen LogP contribution is -1.80. The number of rotatable bonds is 3. The highest BCUT2D eigenvalue weighted by molar-refractivity contribution is 9.10. The SMILES string of the molecule is N=NSc1ccccc1-c1ccc(Br)cc1. The van der Waals surface area contributed by atoms with Crippen LogP contribution in [0.25, 0.3) is 11.1 Å². The van der Waals surface area contributed by atoms with Gasteiger partial charge in [-0.3, -0.25) is 0 Å². The van der Waals surface area contributed by atoms with Crippen LogP contribution in [0.15, 0.2) is 62.4 Å². The Morgan fingerprint density at radius 1 is 1.00 bits per heavy atom. The van der Waals surface area contributed by atoms with E-state index in [2.05, 4.69) is 20.4 Å². The Kier molecular flexibility index (Phi) is 3.74. The maximum absolute atomic E-state index is 6.91. The summed E-state index contributed by atoms with van der Waals surface area (Å²) in [6.45, 7) is 0. The van der Waals surface area contributed by atoms with E-state index in [1.54, 1.807) is 0 Å². The van der Waals surface area contributed by atoms with Crippen LogP contribution in [0.3, 0.4) is 0 Å². The molecule has 0 heterocycles. The molecule has 2 nitrogen and oxygen atoms in total. The molecule has 0 aliphatic heterocycles. The lowest BCUT2D eigenvalue weighted by molar-refractivity contribution is 1.24. The van der Waals surface area contributed by atoms with Crippen LogP contribution in [-0.2, 0) is 0 Å². The van der Waals surface area contributed by atoms with Crippen LogP contribution in [0, 0.1) is 5.53 Å². The van der Waals surface area contributed by atoms with Crippen LogP contribution in [0.2, 0.25) is 0 Å². The molecule has 4 heteroatoms. The average Bonchev–Trinajstić information content (AvgIpc) is 2.32. The first-order valence-corrected chi connectivity index (χ1v) is 6.26. The summed E-state index contributed by atoms with van der Waals surface area (Å²) in [4.78, 5) is 1.000. The molecule has 0 radical (unpaired) electrons. The average molecular weight is 293 g/mol. The fraction of sp³-hybridized carbons (Fsp3) is 0. The van der Waals surface area contributed by atoms with Crippen LogP contribution in [0.4, 0.5) is 0 Å². The summed E-state index contributed by atoms with van der Waals surface area (Å²) in [6, 6.07) is 16.1. The van der Waals surface area contributed by atoms with E-state index in [0.29, 0.717) is 0 Å². The molecule has 0 fully saturated rings. The van der Waals surface area contributed by atoms with Crippen LogP contribution in [0.1, 0.15) is 0 Å². The second kappa shape index (κ2) is 5.27. The van der Waals surface area contributed by atoms with Gasteiger partial charge in [0.25, 0.3) is 0 Å². The molecule has 80 valence electrons. The quantitative estimate of drug-likeness (QED) is 0.616. The first kappa shape index (κ1) is 11.4. The molecule has 2 aromatic rings. The lowest BCUT2D eigenvalue weighted by atomic mass is 10.1. The Bertz CT molecular complexity index is 497. The van der Waals surface area contributed by atoms with Crippen molar-refractivity contribution in [2.75, 3.05) is 0 Å². The summed E-state index contributed by atoms with van der Waals surface area (Å²) in [5.41, 5.74) is 9.16. The number of hydrogen-bond donors (Lipinski definition) is 1. The molecule has 0 amide bonds. The van der Waals surface area contributed by atoms with Gasteiger partial charge in [0.2, 0.25) is 0 Å². The number of nitrogens with one attached hydrogen (secondary N) is 1. The molecule has 0 atom stereocenters. The zero-order chi connectivity index (χ0) is 11.4. The minimum absolute atomic E-state index is 1.000. The van der Waals surface area contributed by atoms with Crippen molar-refractivity contribution in [2.24, 2.45) is 4.52 Å². The summed E-state index contributed by atoms with van der Waals surface area (Å²) in [5, 5.41) is 0. The van der Waals surface area contributed by atoms with Gasteiger partial charge in [-0.2, -0.15) is 5.53 Å². The van der Waals surface area contributed by atoms with Crippen molar-refractivity contribution >= 4 is 27.9 Å². The Morgan fingerprint density at radius 3 is 2.38 bits per heavy atom. The first-order chi connectivity index (χ1) is 7.81. The van der Waals surface area contributed by atoms with E-state index in [1.807, 2.05) is 48.5 Å². The van der Waals surface area contributed by atoms with E-state index >= 15 is 0 Å². The molecular formula is C12H9BrN2S. The topological polar surface area (TPSA) is 36.2 Å². The zero-order valence-electron chi connectivity index (χ0n) is 8.35. The standard InChI is InChI=1S/C12H9BrN2S/c13-10-7-5-9(6-8-10)11-3-1-2-4-12(11)16-15-14/h1-8,14H. The second-order valence-corrected chi connectivity index (χ2v) is 4.91. The van der Waals surface area contributed by atoms with Gasteiger partial charge in [-0.05, 0) is 29.3 Å². The smallest absolute Gasteiger partial charge is 0.0401 e. The van der Waals surface area contributed by atoms with Crippen LogP contribution in [0.5, 0.6) is 0 Å². The van der Waals surface area contributed by atoms with Crippen molar-refractivity contribution < 1.29 is 0 Å². The van der Waals surface area contributed by atoms with Gasteiger partial charge < -0.3 is 0 Å². The van der Waals surface area contributed by atoms with Crippen LogP contribution in [-0.4, -0.2) is 0 Å². The number of hydrogen-bond acceptors (Lipinski definition) is 3. The van der Waals surface area contributed by atoms with E-state index in [-0.39, 0.29) is 0 Å². The van der Waals surface area contributed by atoms with Gasteiger partial charge in [-0.1, -0.05) is 46.3 Å². The molecule has 2 rings (SSSR count). The molecule has 0 aliphatic rings. The predicted octanol–water partition coefficient (Wildman–Crippen LogP) is 5.15. The fourth-order valence-corrected chi connectivity index (χ4v) is 2.25. The van der Waals surface area contributed by atoms with Crippen molar-refractivity contribution in [3.63, 3.8) is 0 Å². The van der Waals surface area contributed by atoms with Crippen molar-refractivity contribution in [2.45, 2.75) is 4.90 Å². The lowest BCUT2D eigenvalue weighted by Gasteiger charge is -2.06. The van der Waals surface area contributed by atoms with Crippen molar-refractivity contribution in [1.29, 1.82) is 5.53 Å². The fourth-order valence-electron chi connectivity index (χ4n) is 1.46. The van der Waals surface area contributed by atoms with E-state index in [4.69, 9.17) is 5.53 Å². The summed E-state index contributed by atoms with van der Waals surface area (Å²) >= 11 is 4.59. The van der Waals surface area contributed by atoms with Gasteiger partial charge in [-0.25, -0.2) is 0 Å². The minimum atomic E-state index is 1.000. The normalized spacial score (nSPS) is 10.1. The van der Waals surface area contributed by atoms with Gasteiger partial charge in [0.05, 0.1) is 0 Å². The number of benzene rings is 2. The second-order valence-electron chi connectivity index (χ2n) is 3.19. The van der Waals surface area contributed by atoms with Crippen LogP contribution >= 0.6 is 27.9 Å². The van der Waals surface area contributed by atoms with E-state index in [9.17, 15) is 0 Å². The largest absolute Gasteiger partial charge is 0.197 e. The maximum atomic E-state index is 6.91. The highest BCUT2D eigenvalue weighted by Crippen LogP contribution is 2.32. The van der Waals surface area contributed by atoms with Gasteiger partial charge >= 0.3 is 0 Å². The molecule has 2 aromatic carbocycles. The Hall–Kier alpha value is -1.13. The highest BCUT2D eigenvalue weighted by Gasteiger charge is 2.04. The third kappa shape index (κ3) is 2.51. The van der Waals surface area contributed by atoms with Gasteiger partial charge in [0, 0.05) is 21.3 Å². The Balaban J connectivity index is 2.46. The number of halogens is 1. The van der Waals surface area contributed by atoms with E-state index in [0.717, 1.165) is 20.5 Å². The molecule has 0 bridgehead atoms. The van der Waals surface area contributed by atoms with Gasteiger partial charge in [0.15, 0.2) is 0 Å². The Labute approximate surface area is 107 Å². The molecular weight excluding hydrogens is 284 g/mol. The van der Waals surface area contributed by atoms with Crippen molar-refractivity contribution in [3.05, 3.63) is 53.0 Å². The summed E-state index contributed by atoms with van der Waals surface area (Å²) in [5.74, 6) is 0. The third-order valence-electron chi connectivity index (χ3n) is 2.19. The maximum Gasteiger partial charge on any atom is 0.0401 e. The molecule has 0 unspecified atom stereocenters. The summed E-state index contributed by atoms with van der Waals surface area (Å²) in [6.07, 6.45) is 0.